The fraction of sp³-hybridized carbons (Fsp3) is 0.308. The number of aromatic nitrogens is 2. The van der Waals surface area contributed by atoms with E-state index in [0.29, 0.717) is 5.92 Å². The first-order valence-electron chi connectivity index (χ1n) is 5.72. The van der Waals surface area contributed by atoms with Gasteiger partial charge in [-0.25, -0.2) is 9.97 Å². The molecule has 0 atom stereocenters. The smallest absolute Gasteiger partial charge is 0.153 e. The van der Waals surface area contributed by atoms with Crippen molar-refractivity contribution in [1.82, 2.24) is 9.97 Å². The van der Waals surface area contributed by atoms with E-state index in [2.05, 4.69) is 23.8 Å². The van der Waals surface area contributed by atoms with Crippen LogP contribution in [0.3, 0.4) is 0 Å². The molecule has 0 saturated carbocycles. The summed E-state index contributed by atoms with van der Waals surface area (Å²) < 4.78 is 0. The van der Waals surface area contributed by atoms with Gasteiger partial charge in [0, 0.05) is 16.5 Å². The van der Waals surface area contributed by atoms with Gasteiger partial charge >= 0.3 is 0 Å². The summed E-state index contributed by atoms with van der Waals surface area (Å²) in [6, 6.07) is 0. The molecule has 0 saturated heterocycles. The van der Waals surface area contributed by atoms with E-state index in [4.69, 9.17) is 0 Å². The quantitative estimate of drug-likeness (QED) is 0.619. The Bertz CT molecular complexity index is 541. The maximum absolute atomic E-state index is 10.4. The summed E-state index contributed by atoms with van der Waals surface area (Å²) in [6.07, 6.45) is 6.80. The van der Waals surface area contributed by atoms with Crippen molar-refractivity contribution in [2.24, 2.45) is 5.92 Å². The van der Waals surface area contributed by atoms with E-state index in [-0.39, 0.29) is 0 Å². The third-order valence-corrected chi connectivity index (χ3v) is 4.28. The van der Waals surface area contributed by atoms with Gasteiger partial charge in [-0.3, -0.25) is 4.79 Å². The zero-order valence-electron chi connectivity index (χ0n) is 10.3. The fourth-order valence-corrected chi connectivity index (χ4v) is 3.50. The number of carbonyl (C=O) groups excluding carboxylic acids is 1. The molecule has 0 aliphatic carbocycles. The van der Waals surface area contributed by atoms with Crippen molar-refractivity contribution in [3.8, 4) is 10.0 Å². The second kappa shape index (κ2) is 6.02. The molecule has 18 heavy (non-hydrogen) atoms. The molecule has 0 aromatic carbocycles. The van der Waals surface area contributed by atoms with E-state index in [1.165, 1.54) is 11.0 Å². The maximum atomic E-state index is 10.4. The summed E-state index contributed by atoms with van der Waals surface area (Å²) >= 11 is 3.25. The topological polar surface area (TPSA) is 42.9 Å². The van der Waals surface area contributed by atoms with Crippen molar-refractivity contribution >= 4 is 35.0 Å². The molecular weight excluding hydrogens is 264 g/mol. The fourth-order valence-electron chi connectivity index (χ4n) is 1.56. The maximum Gasteiger partial charge on any atom is 0.153 e. The van der Waals surface area contributed by atoms with Gasteiger partial charge in [-0.05, 0) is 24.5 Å². The number of hydrogen-bond donors (Lipinski definition) is 0. The average molecular weight is 278 g/mol. The lowest BCUT2D eigenvalue weighted by Gasteiger charge is -2.01. The Morgan fingerprint density at radius 1 is 1.39 bits per heavy atom. The number of nitrogens with zero attached hydrogens (tertiary/aromatic N) is 2. The minimum Gasteiger partial charge on any atom is -0.299 e. The van der Waals surface area contributed by atoms with Crippen molar-refractivity contribution in [2.45, 2.75) is 20.3 Å². The number of carbonyl (C=O) groups is 1. The Hall–Kier alpha value is -1.33. The molecule has 2 heterocycles. The molecule has 0 radical (unpaired) electrons. The van der Waals surface area contributed by atoms with Gasteiger partial charge in [0.2, 0.25) is 0 Å². The third-order valence-electron chi connectivity index (χ3n) is 2.27. The number of aldehydes is 1. The second-order valence-corrected chi connectivity index (χ2v) is 6.24. The number of rotatable bonds is 5. The van der Waals surface area contributed by atoms with Gasteiger partial charge in [0.15, 0.2) is 10.0 Å². The van der Waals surface area contributed by atoms with Crippen LogP contribution in [0.5, 0.6) is 0 Å². The van der Waals surface area contributed by atoms with Crippen molar-refractivity contribution in [3.05, 3.63) is 28.2 Å². The molecule has 0 aliphatic heterocycles. The number of hydrogen-bond acceptors (Lipinski definition) is 5. The van der Waals surface area contributed by atoms with Crippen LogP contribution in [0.25, 0.3) is 16.1 Å². The summed E-state index contributed by atoms with van der Waals surface area (Å²) in [5.41, 5.74) is 0.894. The highest BCUT2D eigenvalue weighted by Gasteiger charge is 2.13. The summed E-state index contributed by atoms with van der Waals surface area (Å²) in [5, 5.41) is 3.82. The van der Waals surface area contributed by atoms with E-state index >= 15 is 0 Å². The lowest BCUT2D eigenvalue weighted by Crippen LogP contribution is -1.93. The van der Waals surface area contributed by atoms with Crippen LogP contribution in [0.1, 0.15) is 24.4 Å². The van der Waals surface area contributed by atoms with Gasteiger partial charge in [-0.1, -0.05) is 13.8 Å². The van der Waals surface area contributed by atoms with Crippen LogP contribution >= 0.6 is 22.7 Å². The lowest BCUT2D eigenvalue weighted by molar-refractivity contribution is -0.104. The summed E-state index contributed by atoms with van der Waals surface area (Å²) in [4.78, 5) is 20.5. The Morgan fingerprint density at radius 3 is 2.83 bits per heavy atom. The molecule has 0 amide bonds. The van der Waals surface area contributed by atoms with Crippen molar-refractivity contribution in [3.63, 3.8) is 0 Å². The average Bonchev–Trinajstić information content (AvgIpc) is 2.94. The molecule has 0 aliphatic rings. The summed E-state index contributed by atoms with van der Waals surface area (Å²) in [7, 11) is 0. The van der Waals surface area contributed by atoms with Crippen molar-refractivity contribution < 1.29 is 4.79 Å². The van der Waals surface area contributed by atoms with E-state index in [1.807, 2.05) is 5.38 Å². The SMILES string of the molecule is CC(C)Cc1sc(-c2nccs2)nc1/C=C/C=O. The molecule has 0 spiro atoms. The predicted molar refractivity (Wildman–Crippen MR) is 76.9 cm³/mol. The van der Waals surface area contributed by atoms with Gasteiger partial charge in [0.05, 0.1) is 5.69 Å². The largest absolute Gasteiger partial charge is 0.299 e. The molecule has 3 nitrogen and oxygen atoms in total. The first kappa shape index (κ1) is 13.1. The van der Waals surface area contributed by atoms with Crippen LogP contribution in [-0.2, 0) is 11.2 Å². The molecule has 0 fully saturated rings. The highest BCUT2D eigenvalue weighted by atomic mass is 32.1. The molecule has 94 valence electrons. The molecular formula is C13H14N2OS2. The molecule has 2 aromatic rings. The first-order valence-corrected chi connectivity index (χ1v) is 7.41. The van der Waals surface area contributed by atoms with Gasteiger partial charge in [0.25, 0.3) is 0 Å². The van der Waals surface area contributed by atoms with Gasteiger partial charge in [-0.2, -0.15) is 0 Å². The van der Waals surface area contributed by atoms with Crippen LogP contribution in [0.2, 0.25) is 0 Å². The molecule has 0 bridgehead atoms. The van der Waals surface area contributed by atoms with Crippen LogP contribution in [0.15, 0.2) is 17.7 Å². The van der Waals surface area contributed by atoms with E-state index < -0.39 is 0 Å². The molecule has 2 rings (SSSR count). The monoisotopic (exact) mass is 278 g/mol. The van der Waals surface area contributed by atoms with Gasteiger partial charge in [-0.15, -0.1) is 22.7 Å². The zero-order valence-corrected chi connectivity index (χ0v) is 11.9. The standard InChI is InChI=1S/C13H14N2OS2/c1-9(2)8-11-10(4-3-6-16)15-13(18-11)12-14-5-7-17-12/h3-7,9H,8H2,1-2H3/b4-3+. The Kier molecular flexibility index (Phi) is 4.38. The minimum absolute atomic E-state index is 0.568. The van der Waals surface area contributed by atoms with E-state index in [1.54, 1.807) is 34.9 Å². The first-order chi connectivity index (χ1) is 8.70. The molecule has 0 N–H and O–H groups in total. The molecule has 0 unspecified atom stereocenters. The van der Waals surface area contributed by atoms with Crippen LogP contribution in [0, 0.1) is 5.92 Å². The van der Waals surface area contributed by atoms with Gasteiger partial charge in [0.1, 0.15) is 6.29 Å². The van der Waals surface area contributed by atoms with Crippen molar-refractivity contribution in [2.75, 3.05) is 0 Å². The predicted octanol–water partition coefficient (Wildman–Crippen LogP) is 3.68. The number of allylic oxidation sites excluding steroid dienone is 1. The van der Waals surface area contributed by atoms with Crippen molar-refractivity contribution in [1.29, 1.82) is 0 Å². The third kappa shape index (κ3) is 3.11. The number of thiazole rings is 2. The Balaban J connectivity index is 2.36. The Morgan fingerprint density at radius 2 is 2.22 bits per heavy atom. The highest BCUT2D eigenvalue weighted by molar-refractivity contribution is 7.20. The van der Waals surface area contributed by atoms with Crippen LogP contribution in [-0.4, -0.2) is 16.3 Å². The normalized spacial score (nSPS) is 11.5. The van der Waals surface area contributed by atoms with E-state index in [0.717, 1.165) is 28.4 Å². The summed E-state index contributed by atoms with van der Waals surface area (Å²) in [5.74, 6) is 0.568. The lowest BCUT2D eigenvalue weighted by atomic mass is 10.1. The zero-order chi connectivity index (χ0) is 13.0. The second-order valence-electron chi connectivity index (χ2n) is 4.26. The summed E-state index contributed by atoms with van der Waals surface area (Å²) in [6.45, 7) is 4.35. The van der Waals surface area contributed by atoms with E-state index in [9.17, 15) is 4.79 Å². The molecule has 5 heteroatoms. The highest BCUT2D eigenvalue weighted by Crippen LogP contribution is 2.31. The van der Waals surface area contributed by atoms with Crippen LogP contribution < -0.4 is 0 Å². The Labute approximate surface area is 114 Å². The molecule has 2 aromatic heterocycles. The van der Waals surface area contributed by atoms with Gasteiger partial charge < -0.3 is 0 Å². The minimum atomic E-state index is 0.568. The van der Waals surface area contributed by atoms with Crippen LogP contribution in [0.4, 0.5) is 0 Å².